The monoisotopic (exact) mass is 442 g/mol. The molecule has 0 atom stereocenters. The van der Waals surface area contributed by atoms with E-state index in [0.717, 1.165) is 45.5 Å². The van der Waals surface area contributed by atoms with Gasteiger partial charge < -0.3 is 9.88 Å². The molecule has 0 aliphatic heterocycles. The fourth-order valence-corrected chi connectivity index (χ4v) is 4.23. The van der Waals surface area contributed by atoms with Crippen molar-refractivity contribution in [1.29, 1.82) is 0 Å². The maximum absolute atomic E-state index is 13.2. The third kappa shape index (κ3) is 4.10. The topological polar surface area (TPSA) is 17.0 Å². The Morgan fingerprint density at radius 2 is 1.36 bits per heavy atom. The highest BCUT2D eigenvalue weighted by molar-refractivity contribution is 5.94. The number of para-hydroxylation sites is 2. The Morgan fingerprint density at radius 1 is 0.697 bits per heavy atom. The summed E-state index contributed by atoms with van der Waals surface area (Å²) in [6, 6.07) is 33.6. The lowest BCUT2D eigenvalue weighted by atomic mass is 10.0. The number of nitrogens with zero attached hydrogens (tertiary/aromatic N) is 1. The van der Waals surface area contributed by atoms with Crippen molar-refractivity contribution in [2.75, 3.05) is 5.32 Å². The van der Waals surface area contributed by atoms with Crippen LogP contribution >= 0.6 is 0 Å². The molecule has 1 aromatic heterocycles. The zero-order chi connectivity index (χ0) is 22.8. The molecule has 0 spiro atoms. The standard InChI is InChI=1S/C28H21F3N2/c29-28(30,31)21-12-9-13-22(18-21)32-19-25-24-16-7-8-17-26(24)33(23-14-5-2-6-15-23)27(25)20-10-3-1-4-11-20/h1-18,32H,19H2. The van der Waals surface area contributed by atoms with Crippen molar-refractivity contribution in [1.82, 2.24) is 4.57 Å². The molecule has 4 aromatic carbocycles. The highest BCUT2D eigenvalue weighted by Crippen LogP contribution is 2.37. The summed E-state index contributed by atoms with van der Waals surface area (Å²) in [6.07, 6.45) is -4.38. The van der Waals surface area contributed by atoms with Crippen LogP contribution in [0.1, 0.15) is 11.1 Å². The third-order valence-corrected chi connectivity index (χ3v) is 5.70. The van der Waals surface area contributed by atoms with E-state index in [2.05, 4.69) is 46.3 Å². The molecule has 5 heteroatoms. The van der Waals surface area contributed by atoms with Gasteiger partial charge in [0.2, 0.25) is 0 Å². The summed E-state index contributed by atoms with van der Waals surface area (Å²) in [7, 11) is 0. The van der Waals surface area contributed by atoms with E-state index in [4.69, 9.17) is 0 Å². The number of rotatable bonds is 5. The lowest BCUT2D eigenvalue weighted by Crippen LogP contribution is -2.07. The predicted octanol–water partition coefficient (Wildman–Crippen LogP) is 7.93. The van der Waals surface area contributed by atoms with Crippen LogP contribution in [0.25, 0.3) is 27.8 Å². The number of hydrogen-bond acceptors (Lipinski definition) is 1. The zero-order valence-corrected chi connectivity index (χ0v) is 17.7. The highest BCUT2D eigenvalue weighted by atomic mass is 19.4. The summed E-state index contributed by atoms with van der Waals surface area (Å²) in [6.45, 7) is 0.381. The Morgan fingerprint density at radius 3 is 2.09 bits per heavy atom. The molecule has 0 aliphatic rings. The molecule has 0 bridgehead atoms. The summed E-state index contributed by atoms with van der Waals surface area (Å²) in [4.78, 5) is 0. The fraction of sp³-hybridized carbons (Fsp3) is 0.0714. The van der Waals surface area contributed by atoms with Gasteiger partial charge >= 0.3 is 6.18 Å². The number of alkyl halides is 3. The number of hydrogen-bond donors (Lipinski definition) is 1. The molecule has 1 N–H and O–H groups in total. The van der Waals surface area contributed by atoms with Gasteiger partial charge in [0.15, 0.2) is 0 Å². The van der Waals surface area contributed by atoms with Crippen molar-refractivity contribution in [3.8, 4) is 16.9 Å². The number of fused-ring (bicyclic) bond motifs is 1. The van der Waals surface area contributed by atoms with Crippen LogP contribution in [0.5, 0.6) is 0 Å². The van der Waals surface area contributed by atoms with Crippen molar-refractivity contribution in [3.63, 3.8) is 0 Å². The fourth-order valence-electron chi connectivity index (χ4n) is 4.23. The maximum atomic E-state index is 13.2. The van der Waals surface area contributed by atoms with Gasteiger partial charge in [-0.05, 0) is 42.0 Å². The molecule has 0 unspecified atom stereocenters. The van der Waals surface area contributed by atoms with Crippen LogP contribution < -0.4 is 5.32 Å². The summed E-state index contributed by atoms with van der Waals surface area (Å²) < 4.78 is 41.8. The number of nitrogens with one attached hydrogen (secondary N) is 1. The first kappa shape index (κ1) is 20.9. The average molecular weight is 442 g/mol. The van der Waals surface area contributed by atoms with E-state index >= 15 is 0 Å². The SMILES string of the molecule is FC(F)(F)c1cccc(NCc2c(-c3ccccc3)n(-c3ccccc3)c3ccccc23)c1. The second kappa shape index (κ2) is 8.51. The lowest BCUT2D eigenvalue weighted by Gasteiger charge is -2.14. The number of aromatic nitrogens is 1. The molecular weight excluding hydrogens is 421 g/mol. The van der Waals surface area contributed by atoms with Gasteiger partial charge in [-0.15, -0.1) is 0 Å². The molecule has 0 fully saturated rings. The summed E-state index contributed by atoms with van der Waals surface area (Å²) in [5.41, 5.74) is 4.92. The Hall–Kier alpha value is -3.99. The van der Waals surface area contributed by atoms with E-state index < -0.39 is 11.7 Å². The third-order valence-electron chi connectivity index (χ3n) is 5.70. The van der Waals surface area contributed by atoms with E-state index in [1.54, 1.807) is 6.07 Å². The lowest BCUT2D eigenvalue weighted by molar-refractivity contribution is -0.137. The quantitative estimate of drug-likeness (QED) is 0.292. The maximum Gasteiger partial charge on any atom is 0.416 e. The van der Waals surface area contributed by atoms with E-state index in [0.29, 0.717) is 12.2 Å². The van der Waals surface area contributed by atoms with E-state index in [9.17, 15) is 13.2 Å². The van der Waals surface area contributed by atoms with Crippen LogP contribution in [-0.2, 0) is 12.7 Å². The number of anilines is 1. The van der Waals surface area contributed by atoms with Crippen molar-refractivity contribution in [2.24, 2.45) is 0 Å². The minimum atomic E-state index is -4.38. The van der Waals surface area contributed by atoms with Crippen LogP contribution in [-0.4, -0.2) is 4.57 Å². The Balaban J connectivity index is 1.66. The van der Waals surface area contributed by atoms with Gasteiger partial charge in [0.05, 0.1) is 16.8 Å². The Labute approximate surface area is 189 Å². The molecule has 0 amide bonds. The molecule has 1 heterocycles. The van der Waals surface area contributed by atoms with E-state index in [-0.39, 0.29) is 0 Å². The van der Waals surface area contributed by atoms with E-state index in [1.807, 2.05) is 48.5 Å². The molecule has 0 saturated heterocycles. The molecular formula is C28H21F3N2. The van der Waals surface area contributed by atoms with Gasteiger partial charge in [-0.3, -0.25) is 0 Å². The second-order valence-electron chi connectivity index (χ2n) is 7.81. The minimum absolute atomic E-state index is 0.381. The Kier molecular flexibility index (Phi) is 5.38. The van der Waals surface area contributed by atoms with Gasteiger partial charge in [0, 0.05) is 28.9 Å². The van der Waals surface area contributed by atoms with E-state index in [1.165, 1.54) is 6.07 Å². The summed E-state index contributed by atoms with van der Waals surface area (Å²) in [5.74, 6) is 0. The average Bonchev–Trinajstić information content (AvgIpc) is 3.18. The molecule has 0 aliphatic carbocycles. The molecule has 5 aromatic rings. The summed E-state index contributed by atoms with van der Waals surface area (Å²) >= 11 is 0. The van der Waals surface area contributed by atoms with Gasteiger partial charge in [-0.1, -0.05) is 72.8 Å². The van der Waals surface area contributed by atoms with Crippen molar-refractivity contribution in [3.05, 3.63) is 120 Å². The zero-order valence-electron chi connectivity index (χ0n) is 17.7. The largest absolute Gasteiger partial charge is 0.416 e. The normalized spacial score (nSPS) is 11.6. The first-order valence-electron chi connectivity index (χ1n) is 10.7. The van der Waals surface area contributed by atoms with Crippen molar-refractivity contribution < 1.29 is 13.2 Å². The van der Waals surface area contributed by atoms with Gasteiger partial charge in [0.1, 0.15) is 0 Å². The summed E-state index contributed by atoms with van der Waals surface area (Å²) in [5, 5.41) is 4.28. The molecule has 0 radical (unpaired) electrons. The van der Waals surface area contributed by atoms with Crippen LogP contribution in [0, 0.1) is 0 Å². The molecule has 164 valence electrons. The first-order valence-corrected chi connectivity index (χ1v) is 10.7. The molecule has 33 heavy (non-hydrogen) atoms. The van der Waals surface area contributed by atoms with Crippen LogP contribution in [0.2, 0.25) is 0 Å². The van der Waals surface area contributed by atoms with Gasteiger partial charge in [-0.25, -0.2) is 0 Å². The minimum Gasteiger partial charge on any atom is -0.381 e. The smallest absolute Gasteiger partial charge is 0.381 e. The van der Waals surface area contributed by atoms with Gasteiger partial charge in [-0.2, -0.15) is 13.2 Å². The highest BCUT2D eigenvalue weighted by Gasteiger charge is 2.30. The number of benzene rings is 4. The molecule has 0 saturated carbocycles. The second-order valence-corrected chi connectivity index (χ2v) is 7.81. The van der Waals surface area contributed by atoms with Crippen molar-refractivity contribution in [2.45, 2.75) is 12.7 Å². The Bertz CT molecular complexity index is 1390. The molecule has 5 rings (SSSR count). The molecule has 2 nitrogen and oxygen atoms in total. The first-order chi connectivity index (χ1) is 16.0. The predicted molar refractivity (Wildman–Crippen MR) is 127 cm³/mol. The van der Waals surface area contributed by atoms with Crippen molar-refractivity contribution >= 4 is 16.6 Å². The van der Waals surface area contributed by atoms with Crippen LogP contribution in [0.15, 0.2) is 109 Å². The van der Waals surface area contributed by atoms with Crippen LogP contribution in [0.3, 0.4) is 0 Å². The van der Waals surface area contributed by atoms with Crippen LogP contribution in [0.4, 0.5) is 18.9 Å². The van der Waals surface area contributed by atoms with Gasteiger partial charge in [0.25, 0.3) is 0 Å². The number of halogens is 3.